The average Bonchev–Trinajstić information content (AvgIpc) is 3.35. The second-order valence-electron chi connectivity index (χ2n) is 8.65. The Bertz CT molecular complexity index is 734. The molecule has 0 bridgehead atoms. The van der Waals surface area contributed by atoms with Crippen molar-refractivity contribution in [2.75, 3.05) is 19.6 Å². The molecular weight excluding hydrogens is 376 g/mol. The van der Waals surface area contributed by atoms with Crippen LogP contribution in [0.2, 0.25) is 0 Å². The zero-order valence-electron chi connectivity index (χ0n) is 19.3. The second-order valence-corrected chi connectivity index (χ2v) is 8.65. The summed E-state index contributed by atoms with van der Waals surface area (Å²) in [4.78, 5) is 19.8. The van der Waals surface area contributed by atoms with Gasteiger partial charge >= 0.3 is 0 Å². The molecule has 1 aromatic rings. The van der Waals surface area contributed by atoms with Gasteiger partial charge in [-0.1, -0.05) is 33.1 Å². The predicted octanol–water partition coefficient (Wildman–Crippen LogP) is 2.78. The monoisotopic (exact) mass is 416 g/mol. The van der Waals surface area contributed by atoms with E-state index in [1.54, 1.807) is 0 Å². The van der Waals surface area contributed by atoms with E-state index in [0.29, 0.717) is 12.5 Å². The molecule has 1 saturated carbocycles. The second kappa shape index (κ2) is 10.8. The van der Waals surface area contributed by atoms with Gasteiger partial charge in [0.2, 0.25) is 5.91 Å². The highest BCUT2D eigenvalue weighted by Gasteiger charge is 2.31. The lowest BCUT2D eigenvalue weighted by Crippen LogP contribution is -2.45. The van der Waals surface area contributed by atoms with Gasteiger partial charge in [-0.15, -0.1) is 0 Å². The van der Waals surface area contributed by atoms with Crippen molar-refractivity contribution < 1.29 is 4.79 Å². The summed E-state index contributed by atoms with van der Waals surface area (Å²) >= 11 is 0. The molecule has 3 rings (SSSR count). The summed E-state index contributed by atoms with van der Waals surface area (Å²) in [5.74, 6) is 1.46. The summed E-state index contributed by atoms with van der Waals surface area (Å²) in [5.41, 5.74) is 3.65. The van der Waals surface area contributed by atoms with Crippen LogP contribution in [0.5, 0.6) is 0 Å². The number of hydrogen-bond acceptors (Lipinski definition) is 3. The van der Waals surface area contributed by atoms with E-state index < -0.39 is 0 Å². The highest BCUT2D eigenvalue weighted by molar-refractivity contribution is 5.81. The standard InChI is InChI=1S/C23H40N6O/c1-5-20-19(21(6-2)28(4)27-20)15-25-23(24-7-3)26-18-13-14-29(16-18)22(30)17-11-9-8-10-12-17/h17-18H,5-16H2,1-4H3,(H2,24,25,26). The fraction of sp³-hybridized carbons (Fsp3) is 0.783. The average molecular weight is 417 g/mol. The molecule has 1 atom stereocenters. The van der Waals surface area contributed by atoms with Crippen LogP contribution in [-0.2, 0) is 31.2 Å². The Morgan fingerprint density at radius 3 is 2.57 bits per heavy atom. The van der Waals surface area contributed by atoms with Crippen LogP contribution in [0.15, 0.2) is 4.99 Å². The predicted molar refractivity (Wildman–Crippen MR) is 121 cm³/mol. The number of guanidine groups is 1. The van der Waals surface area contributed by atoms with Crippen LogP contribution in [0.4, 0.5) is 0 Å². The van der Waals surface area contributed by atoms with Crippen molar-refractivity contribution in [2.24, 2.45) is 18.0 Å². The van der Waals surface area contributed by atoms with E-state index in [2.05, 4.69) is 41.4 Å². The van der Waals surface area contributed by atoms with E-state index in [4.69, 9.17) is 4.99 Å². The Labute approximate surface area is 181 Å². The third-order valence-electron chi connectivity index (χ3n) is 6.56. The Kier molecular flexibility index (Phi) is 8.16. The molecule has 7 nitrogen and oxygen atoms in total. The molecule has 7 heteroatoms. The lowest BCUT2D eigenvalue weighted by atomic mass is 9.88. The molecule has 1 unspecified atom stereocenters. The van der Waals surface area contributed by atoms with Gasteiger partial charge in [-0.25, -0.2) is 4.99 Å². The first-order valence-corrected chi connectivity index (χ1v) is 11.9. The number of carbonyl (C=O) groups is 1. The van der Waals surface area contributed by atoms with Crippen molar-refractivity contribution in [2.45, 2.75) is 84.7 Å². The van der Waals surface area contributed by atoms with Crippen molar-refractivity contribution >= 4 is 11.9 Å². The third-order valence-corrected chi connectivity index (χ3v) is 6.56. The Balaban J connectivity index is 1.61. The van der Waals surface area contributed by atoms with Gasteiger partial charge in [-0.3, -0.25) is 9.48 Å². The van der Waals surface area contributed by atoms with E-state index >= 15 is 0 Å². The number of nitrogens with zero attached hydrogens (tertiary/aromatic N) is 4. The number of amides is 1. The summed E-state index contributed by atoms with van der Waals surface area (Å²) in [6, 6.07) is 0.264. The fourth-order valence-corrected chi connectivity index (χ4v) is 4.93. The van der Waals surface area contributed by atoms with Gasteiger partial charge in [-0.05, 0) is 39.0 Å². The van der Waals surface area contributed by atoms with Crippen molar-refractivity contribution in [3.8, 4) is 0 Å². The van der Waals surface area contributed by atoms with Crippen LogP contribution >= 0.6 is 0 Å². The lowest BCUT2D eigenvalue weighted by molar-refractivity contribution is -0.135. The maximum Gasteiger partial charge on any atom is 0.225 e. The maximum atomic E-state index is 12.9. The van der Waals surface area contributed by atoms with Crippen LogP contribution < -0.4 is 10.6 Å². The van der Waals surface area contributed by atoms with Gasteiger partial charge in [0.25, 0.3) is 0 Å². The minimum atomic E-state index is 0.255. The Hall–Kier alpha value is -2.05. The maximum absolute atomic E-state index is 12.9. The number of carbonyl (C=O) groups excluding carboxylic acids is 1. The molecule has 0 radical (unpaired) electrons. The number of nitrogens with one attached hydrogen (secondary N) is 2. The van der Waals surface area contributed by atoms with Crippen molar-refractivity contribution in [3.05, 3.63) is 17.0 Å². The molecule has 1 saturated heterocycles. The van der Waals surface area contributed by atoms with E-state index in [1.807, 2.05) is 11.7 Å². The van der Waals surface area contributed by atoms with Crippen LogP contribution in [0, 0.1) is 5.92 Å². The molecule has 1 amide bonds. The van der Waals surface area contributed by atoms with E-state index in [1.165, 1.54) is 30.5 Å². The number of hydrogen-bond donors (Lipinski definition) is 2. The van der Waals surface area contributed by atoms with Gasteiger partial charge in [0.05, 0.1) is 12.2 Å². The molecular formula is C23H40N6O. The van der Waals surface area contributed by atoms with Crippen LogP contribution in [0.3, 0.4) is 0 Å². The summed E-state index contributed by atoms with van der Waals surface area (Å²) in [6.07, 6.45) is 8.70. The molecule has 2 heterocycles. The Morgan fingerprint density at radius 1 is 1.13 bits per heavy atom. The normalized spacial score (nSPS) is 20.6. The van der Waals surface area contributed by atoms with Gasteiger partial charge < -0.3 is 15.5 Å². The first kappa shape index (κ1) is 22.6. The number of aliphatic imine (C=N–C) groups is 1. The van der Waals surface area contributed by atoms with Crippen molar-refractivity contribution in [3.63, 3.8) is 0 Å². The zero-order chi connectivity index (χ0) is 21.5. The van der Waals surface area contributed by atoms with Gasteiger partial charge in [0.15, 0.2) is 5.96 Å². The minimum Gasteiger partial charge on any atom is -0.357 e. The molecule has 2 N–H and O–H groups in total. The molecule has 168 valence electrons. The van der Waals surface area contributed by atoms with E-state index in [9.17, 15) is 4.79 Å². The highest BCUT2D eigenvalue weighted by atomic mass is 16.2. The highest BCUT2D eigenvalue weighted by Crippen LogP contribution is 2.26. The SMILES string of the molecule is CCNC(=NCc1c(CC)nn(C)c1CC)NC1CCN(C(=O)C2CCCCC2)C1. The number of aromatic nitrogens is 2. The first-order chi connectivity index (χ1) is 14.6. The quantitative estimate of drug-likeness (QED) is 0.529. The molecule has 2 fully saturated rings. The summed E-state index contributed by atoms with van der Waals surface area (Å²) in [7, 11) is 2.02. The topological polar surface area (TPSA) is 74.6 Å². The smallest absolute Gasteiger partial charge is 0.225 e. The molecule has 2 aliphatic rings. The van der Waals surface area contributed by atoms with Gasteiger partial charge in [0, 0.05) is 49.9 Å². The van der Waals surface area contributed by atoms with Crippen LogP contribution in [-0.4, -0.2) is 52.2 Å². The summed E-state index contributed by atoms with van der Waals surface area (Å²) in [6.45, 7) is 9.49. The molecule has 1 aliphatic heterocycles. The molecule has 30 heavy (non-hydrogen) atoms. The van der Waals surface area contributed by atoms with Crippen molar-refractivity contribution in [1.29, 1.82) is 0 Å². The van der Waals surface area contributed by atoms with Gasteiger partial charge in [-0.2, -0.15) is 5.10 Å². The Morgan fingerprint density at radius 2 is 1.90 bits per heavy atom. The van der Waals surface area contributed by atoms with Crippen molar-refractivity contribution in [1.82, 2.24) is 25.3 Å². The zero-order valence-corrected chi connectivity index (χ0v) is 19.3. The first-order valence-electron chi connectivity index (χ1n) is 11.9. The molecule has 1 aromatic heterocycles. The molecule has 1 aliphatic carbocycles. The fourth-order valence-electron chi connectivity index (χ4n) is 4.93. The van der Waals surface area contributed by atoms with E-state index in [0.717, 1.165) is 63.4 Å². The third kappa shape index (κ3) is 5.35. The summed E-state index contributed by atoms with van der Waals surface area (Å²) in [5, 5.41) is 11.6. The largest absolute Gasteiger partial charge is 0.357 e. The number of rotatable bonds is 7. The summed E-state index contributed by atoms with van der Waals surface area (Å²) < 4.78 is 2.00. The number of aryl methyl sites for hydroxylation is 2. The van der Waals surface area contributed by atoms with Crippen LogP contribution in [0.1, 0.15) is 76.2 Å². The minimum absolute atomic E-state index is 0.255. The molecule has 0 spiro atoms. The number of likely N-dealkylation sites (tertiary alicyclic amines) is 1. The lowest BCUT2D eigenvalue weighted by Gasteiger charge is -2.26. The van der Waals surface area contributed by atoms with Crippen LogP contribution in [0.25, 0.3) is 0 Å². The van der Waals surface area contributed by atoms with E-state index in [-0.39, 0.29) is 12.0 Å². The molecule has 0 aromatic carbocycles. The van der Waals surface area contributed by atoms with Gasteiger partial charge in [0.1, 0.15) is 0 Å².